The van der Waals surface area contributed by atoms with Crippen molar-refractivity contribution in [3.63, 3.8) is 0 Å². The number of esters is 2. The third-order valence-electron chi connectivity index (χ3n) is 14.7. The summed E-state index contributed by atoms with van der Waals surface area (Å²) in [6, 6.07) is 21.4. The quantitative estimate of drug-likeness (QED) is 0.0241. The van der Waals surface area contributed by atoms with Gasteiger partial charge in [-0.15, -0.1) is 0 Å². The van der Waals surface area contributed by atoms with E-state index < -0.39 is 36.2 Å². The molecule has 30 nitrogen and oxygen atoms in total. The van der Waals surface area contributed by atoms with Crippen molar-refractivity contribution in [2.45, 2.75) is 110 Å². The maximum Gasteiger partial charge on any atom is 0.338 e. The van der Waals surface area contributed by atoms with E-state index in [0.717, 1.165) is 17.5 Å². The second kappa shape index (κ2) is 62.9. The molecule has 1 aliphatic carbocycles. The lowest BCUT2D eigenvalue weighted by Gasteiger charge is -2.28. The van der Waals surface area contributed by atoms with Gasteiger partial charge in [-0.3, -0.25) is 0 Å². The van der Waals surface area contributed by atoms with E-state index in [1.807, 2.05) is 102 Å². The number of carbonyl (C=O) groups excluding carboxylic acids is 2. The van der Waals surface area contributed by atoms with Crippen molar-refractivity contribution < 1.29 is 144 Å². The molecule has 0 saturated carbocycles. The Balaban J connectivity index is 0.00000126. The molecule has 1 aliphatic rings. The second-order valence-corrected chi connectivity index (χ2v) is 24.9. The molecule has 612 valence electrons. The van der Waals surface area contributed by atoms with Gasteiger partial charge in [0.1, 0.15) is 25.9 Å². The summed E-state index contributed by atoms with van der Waals surface area (Å²) in [6.45, 7) is 25.9. The highest BCUT2D eigenvalue weighted by Gasteiger charge is 2.31. The summed E-state index contributed by atoms with van der Waals surface area (Å²) in [6.07, 6.45) is 1.17. The maximum atomic E-state index is 12.8. The Kier molecular flexibility index (Phi) is 56.1. The zero-order valence-corrected chi connectivity index (χ0v) is 64.4. The Labute approximate surface area is 632 Å². The molecule has 107 heavy (non-hydrogen) atoms. The number of hydrogen-bond donors (Lipinski definition) is 4. The van der Waals surface area contributed by atoms with Crippen molar-refractivity contribution in [3.05, 3.63) is 113 Å². The van der Waals surface area contributed by atoms with Gasteiger partial charge in [-0.25, -0.2) is 9.59 Å². The Morgan fingerprint density at radius 1 is 0.411 bits per heavy atom. The molecular weight excluding hydrogens is 1400 g/mol. The van der Waals surface area contributed by atoms with E-state index in [4.69, 9.17) is 109 Å². The smallest absolute Gasteiger partial charge is 0.338 e. The molecule has 3 unspecified atom stereocenters. The molecule has 3 aromatic rings. The van der Waals surface area contributed by atoms with Crippen LogP contribution in [0.25, 0.3) is 0 Å². The number of benzene rings is 3. The lowest BCUT2D eigenvalue weighted by molar-refractivity contribution is -0.181. The molecule has 0 heterocycles. The van der Waals surface area contributed by atoms with Crippen molar-refractivity contribution in [2.24, 2.45) is 0 Å². The predicted octanol–water partition coefficient (Wildman–Crippen LogP) is 7.49. The third kappa shape index (κ3) is 51.4. The van der Waals surface area contributed by atoms with Gasteiger partial charge in [0.15, 0.2) is 35.6 Å². The van der Waals surface area contributed by atoms with Gasteiger partial charge in [-0.1, -0.05) is 67.6 Å². The fourth-order valence-corrected chi connectivity index (χ4v) is 8.96. The van der Waals surface area contributed by atoms with Crippen molar-refractivity contribution in [1.82, 2.24) is 0 Å². The molecule has 0 fully saturated rings. The molecule has 0 aromatic heterocycles. The number of ether oxygens (including phenoxy) is 24. The van der Waals surface area contributed by atoms with Crippen LogP contribution in [0, 0.1) is 0 Å². The molecule has 4 N–H and O–H groups in total. The van der Waals surface area contributed by atoms with Gasteiger partial charge in [-0.2, -0.15) is 0 Å². The van der Waals surface area contributed by atoms with Crippen LogP contribution in [0.2, 0.25) is 0 Å². The molecule has 0 saturated heterocycles. The fourth-order valence-electron chi connectivity index (χ4n) is 8.96. The molecule has 0 amide bonds. The largest absolute Gasteiger partial charge is 0.504 e. The van der Waals surface area contributed by atoms with Crippen LogP contribution in [0.4, 0.5) is 0 Å². The Morgan fingerprint density at radius 2 is 0.729 bits per heavy atom. The number of hydrogen-bond acceptors (Lipinski definition) is 30. The molecule has 4 rings (SSSR count). The van der Waals surface area contributed by atoms with Gasteiger partial charge in [0, 0.05) is 24.8 Å². The van der Waals surface area contributed by atoms with Crippen LogP contribution in [-0.2, 0) is 127 Å². The van der Waals surface area contributed by atoms with Crippen molar-refractivity contribution in [3.8, 4) is 17.2 Å². The highest BCUT2D eigenvalue weighted by molar-refractivity contribution is 5.91. The van der Waals surface area contributed by atoms with Gasteiger partial charge < -0.3 is 134 Å². The molecule has 3 atom stereocenters. The SMILES string of the molecule is CCC(C)(C)OC(O)CCOCCOCCOCCOCCOCCOCCOCCOCCOC1CC(C(=O)OC)=CC(OCCOCCOCCOCCOCCOCCOCCOCCOCCC(O)OC(C)(C)C)=C1OCc1ccccc1.COC(=O)c1cc(O)c(OCc2ccccc2)c(O)c1. The van der Waals surface area contributed by atoms with Crippen LogP contribution in [0.5, 0.6) is 17.2 Å². The molecule has 30 heteroatoms. The number of aliphatic hydroxyl groups excluding tert-OH is 2. The topological polar surface area (TPSA) is 337 Å². The van der Waals surface area contributed by atoms with E-state index in [-0.39, 0.29) is 74.5 Å². The summed E-state index contributed by atoms with van der Waals surface area (Å²) < 4.78 is 134. The zero-order chi connectivity index (χ0) is 77.5. The van der Waals surface area contributed by atoms with E-state index in [1.165, 1.54) is 26.4 Å². The normalized spacial score (nSPS) is 13.8. The van der Waals surface area contributed by atoms with E-state index in [2.05, 4.69) is 4.74 Å². The molecule has 0 aliphatic heterocycles. The minimum atomic E-state index is -0.844. The third-order valence-corrected chi connectivity index (χ3v) is 14.7. The van der Waals surface area contributed by atoms with Gasteiger partial charge in [0.25, 0.3) is 0 Å². The van der Waals surface area contributed by atoms with E-state index in [1.54, 1.807) is 6.08 Å². The number of methoxy groups -OCH3 is 2. The van der Waals surface area contributed by atoms with Crippen LogP contribution < -0.4 is 4.74 Å². The number of aromatic hydroxyl groups is 2. The highest BCUT2D eigenvalue weighted by Crippen LogP contribution is 2.38. The highest BCUT2D eigenvalue weighted by atomic mass is 16.6. The maximum absolute atomic E-state index is 12.8. The fraction of sp³-hybridized carbons (Fsp3) is 0.688. The van der Waals surface area contributed by atoms with Crippen LogP contribution in [-0.4, -0.2) is 301 Å². The molecule has 0 radical (unpaired) electrons. The van der Waals surface area contributed by atoms with Crippen molar-refractivity contribution in [1.29, 1.82) is 0 Å². The standard InChI is InChI=1S/C62H110O25.C15H14O5/c1-8-62(5,6)87-58(64)15-17-68-19-21-70-23-25-72-27-29-74-31-33-76-35-37-78-39-41-80-43-45-82-47-49-84-56-51-54(60(65)66-7)50-55(59(56)85-52-53-12-10-9-11-13-53)83-48-46-81-44-42-79-40-38-77-36-34-75-32-30-73-28-26-71-24-22-69-20-18-67-16-14-57(63)86-61(2,3)4;1-19-15(18)11-7-12(16)14(13(17)8-11)20-9-10-5-3-2-4-6-10/h9-13,50,56-58,63-64H,8,14-49,51-52H2,1-7H3;2-8,16-17H,9H2,1H3. The van der Waals surface area contributed by atoms with E-state index in [9.17, 15) is 30.0 Å². The predicted molar refractivity (Wildman–Crippen MR) is 391 cm³/mol. The first-order valence-electron chi connectivity index (χ1n) is 36.7. The number of phenols is 2. The summed E-state index contributed by atoms with van der Waals surface area (Å²) in [4.78, 5) is 24.1. The first kappa shape index (κ1) is 95.4. The van der Waals surface area contributed by atoms with Gasteiger partial charge in [0.2, 0.25) is 5.75 Å². The second-order valence-electron chi connectivity index (χ2n) is 24.9. The molecule has 0 bridgehead atoms. The minimum absolute atomic E-state index is 0.0505. The number of phenolic OH excluding ortho intramolecular Hbond substituents is 2. The van der Waals surface area contributed by atoms with Crippen LogP contribution >= 0.6 is 0 Å². The summed E-state index contributed by atoms with van der Waals surface area (Å²) in [5.74, 6) is -1.03. The van der Waals surface area contributed by atoms with Crippen molar-refractivity contribution >= 4 is 11.9 Å². The van der Waals surface area contributed by atoms with E-state index in [0.29, 0.717) is 228 Å². The average molecular weight is 1530 g/mol. The number of carbonyl (C=O) groups is 2. The van der Waals surface area contributed by atoms with Crippen molar-refractivity contribution in [2.75, 3.05) is 239 Å². The number of rotatable bonds is 68. The minimum Gasteiger partial charge on any atom is -0.504 e. The summed E-state index contributed by atoms with van der Waals surface area (Å²) in [7, 11) is 2.55. The van der Waals surface area contributed by atoms with E-state index >= 15 is 0 Å². The Bertz CT molecular complexity index is 2680. The van der Waals surface area contributed by atoms with Gasteiger partial charge in [0.05, 0.1) is 249 Å². The molecule has 0 spiro atoms. The monoisotopic (exact) mass is 1530 g/mol. The zero-order valence-electron chi connectivity index (χ0n) is 64.4. The molecular formula is C77H124O30. The molecule has 3 aromatic carbocycles. The van der Waals surface area contributed by atoms with Crippen LogP contribution in [0.3, 0.4) is 0 Å². The summed E-state index contributed by atoms with van der Waals surface area (Å²) in [5.41, 5.74) is 1.53. The average Bonchev–Trinajstić information content (AvgIpc) is 0.825. The van der Waals surface area contributed by atoms with Gasteiger partial charge in [-0.05, 0) is 70.4 Å². The van der Waals surface area contributed by atoms with Gasteiger partial charge >= 0.3 is 11.9 Å². The lowest BCUT2D eigenvalue weighted by atomic mass is 9.99. The first-order chi connectivity index (χ1) is 51.9. The summed E-state index contributed by atoms with van der Waals surface area (Å²) in [5, 5.41) is 39.4. The summed E-state index contributed by atoms with van der Waals surface area (Å²) >= 11 is 0. The lowest BCUT2D eigenvalue weighted by Crippen LogP contribution is -2.30. The Hall–Kier alpha value is -5.76. The number of aliphatic hydroxyl groups is 2. The Morgan fingerprint density at radius 3 is 1.07 bits per heavy atom. The van der Waals surface area contributed by atoms with Crippen LogP contribution in [0.1, 0.15) is 88.7 Å². The first-order valence-corrected chi connectivity index (χ1v) is 36.7. The van der Waals surface area contributed by atoms with Crippen LogP contribution in [0.15, 0.2) is 96.0 Å². The number of allylic oxidation sites excluding steroid dienone is 1.